The minimum Gasteiger partial charge on any atom is -0.338 e. The van der Waals surface area contributed by atoms with Crippen LogP contribution in [0.1, 0.15) is 39.0 Å². The number of urea groups is 1. The number of rotatable bonds is 4. The van der Waals surface area contributed by atoms with E-state index in [1.165, 1.54) is 0 Å². The summed E-state index contributed by atoms with van der Waals surface area (Å²) in [7, 11) is 0. The van der Waals surface area contributed by atoms with Crippen molar-refractivity contribution in [1.29, 1.82) is 0 Å². The fraction of sp³-hybridized carbons (Fsp3) is 0.909. The standard InChI is InChI=1S/C11H19F3N2O/c1-2-10(5-3-4-6-10)7-15-9(17)16-8-11(12,13)14/h2-8H2,1H3,(H2,15,16,17). The van der Waals surface area contributed by atoms with Gasteiger partial charge in [-0.25, -0.2) is 4.79 Å². The number of hydrogen-bond donors (Lipinski definition) is 2. The normalized spacial score (nSPS) is 19.1. The van der Waals surface area contributed by atoms with E-state index in [0.717, 1.165) is 32.1 Å². The van der Waals surface area contributed by atoms with Gasteiger partial charge in [-0.2, -0.15) is 13.2 Å². The van der Waals surface area contributed by atoms with E-state index < -0.39 is 18.8 Å². The van der Waals surface area contributed by atoms with Gasteiger partial charge in [0.15, 0.2) is 0 Å². The van der Waals surface area contributed by atoms with Crippen LogP contribution in [0.5, 0.6) is 0 Å². The number of hydrogen-bond acceptors (Lipinski definition) is 1. The Hall–Kier alpha value is -0.940. The summed E-state index contributed by atoms with van der Waals surface area (Å²) in [5.41, 5.74) is 0.0928. The van der Waals surface area contributed by atoms with Crippen molar-refractivity contribution in [2.45, 2.75) is 45.2 Å². The van der Waals surface area contributed by atoms with Gasteiger partial charge in [-0.3, -0.25) is 0 Å². The van der Waals surface area contributed by atoms with Gasteiger partial charge in [0.25, 0.3) is 0 Å². The van der Waals surface area contributed by atoms with Crippen LogP contribution in [0, 0.1) is 5.41 Å². The molecule has 100 valence electrons. The summed E-state index contributed by atoms with van der Waals surface area (Å²) < 4.78 is 35.6. The monoisotopic (exact) mass is 252 g/mol. The highest BCUT2D eigenvalue weighted by molar-refractivity contribution is 5.73. The molecule has 0 atom stereocenters. The lowest BCUT2D eigenvalue weighted by Gasteiger charge is -2.27. The van der Waals surface area contributed by atoms with E-state index in [2.05, 4.69) is 12.2 Å². The number of alkyl halides is 3. The van der Waals surface area contributed by atoms with Crippen LogP contribution >= 0.6 is 0 Å². The lowest BCUT2D eigenvalue weighted by Crippen LogP contribution is -2.44. The zero-order chi connectivity index (χ0) is 12.9. The predicted octanol–water partition coefficient (Wildman–Crippen LogP) is 2.82. The molecule has 2 amide bonds. The molecule has 1 rings (SSSR count). The second-order valence-electron chi connectivity index (χ2n) is 4.71. The molecule has 0 unspecified atom stereocenters. The summed E-state index contributed by atoms with van der Waals surface area (Å²) in [6.07, 6.45) is 0.963. The summed E-state index contributed by atoms with van der Waals surface area (Å²) in [5.74, 6) is 0. The summed E-state index contributed by atoms with van der Waals surface area (Å²) in [4.78, 5) is 11.2. The van der Waals surface area contributed by atoms with Crippen molar-refractivity contribution in [1.82, 2.24) is 10.6 Å². The minimum absolute atomic E-state index is 0.0928. The minimum atomic E-state index is -4.35. The molecule has 1 fully saturated rings. The van der Waals surface area contributed by atoms with Crippen LogP contribution in [0.2, 0.25) is 0 Å². The Labute approximate surface area is 99.1 Å². The molecule has 0 aromatic carbocycles. The topological polar surface area (TPSA) is 41.1 Å². The Balaban J connectivity index is 2.27. The lowest BCUT2D eigenvalue weighted by molar-refractivity contribution is -0.122. The average molecular weight is 252 g/mol. The van der Waals surface area contributed by atoms with Crippen molar-refractivity contribution in [3.63, 3.8) is 0 Å². The number of carbonyl (C=O) groups is 1. The Kier molecular flexibility index (Phi) is 4.65. The van der Waals surface area contributed by atoms with E-state index in [4.69, 9.17) is 0 Å². The van der Waals surface area contributed by atoms with E-state index in [0.29, 0.717) is 6.54 Å². The van der Waals surface area contributed by atoms with E-state index in [1.54, 1.807) is 0 Å². The average Bonchev–Trinajstić information content (AvgIpc) is 2.72. The third-order valence-corrected chi connectivity index (χ3v) is 3.49. The molecule has 0 saturated heterocycles. The van der Waals surface area contributed by atoms with Crippen LogP contribution in [-0.2, 0) is 0 Å². The maximum atomic E-state index is 11.9. The summed E-state index contributed by atoms with van der Waals surface area (Å²) in [5, 5.41) is 4.35. The Morgan fingerprint density at radius 2 is 1.82 bits per heavy atom. The highest BCUT2D eigenvalue weighted by Gasteiger charge is 2.32. The summed E-state index contributed by atoms with van der Waals surface area (Å²) >= 11 is 0. The summed E-state index contributed by atoms with van der Waals surface area (Å²) in [6.45, 7) is 1.24. The molecule has 0 aromatic heterocycles. The maximum absolute atomic E-state index is 11.9. The first kappa shape index (κ1) is 14.1. The van der Waals surface area contributed by atoms with Crippen LogP contribution in [-0.4, -0.2) is 25.3 Å². The first-order valence-electron chi connectivity index (χ1n) is 5.95. The molecule has 0 spiro atoms. The van der Waals surface area contributed by atoms with Crippen LogP contribution in [0.15, 0.2) is 0 Å². The van der Waals surface area contributed by atoms with E-state index in [-0.39, 0.29) is 5.41 Å². The molecule has 1 aliphatic carbocycles. The quantitative estimate of drug-likeness (QED) is 0.793. The molecule has 1 saturated carbocycles. The van der Waals surface area contributed by atoms with Crippen LogP contribution in [0.4, 0.5) is 18.0 Å². The van der Waals surface area contributed by atoms with Gasteiger partial charge in [0.1, 0.15) is 6.54 Å². The molecule has 3 nitrogen and oxygen atoms in total. The number of nitrogens with one attached hydrogen (secondary N) is 2. The molecule has 2 N–H and O–H groups in total. The molecule has 0 aliphatic heterocycles. The fourth-order valence-corrected chi connectivity index (χ4v) is 2.29. The summed E-state index contributed by atoms with van der Waals surface area (Å²) in [6, 6.07) is -0.734. The van der Waals surface area contributed by atoms with Gasteiger partial charge in [-0.1, -0.05) is 19.8 Å². The van der Waals surface area contributed by atoms with Gasteiger partial charge >= 0.3 is 12.2 Å². The van der Waals surface area contributed by atoms with Gasteiger partial charge in [-0.15, -0.1) is 0 Å². The van der Waals surface area contributed by atoms with Crippen molar-refractivity contribution in [2.24, 2.45) is 5.41 Å². The first-order chi connectivity index (χ1) is 7.87. The molecular formula is C11H19F3N2O. The number of carbonyl (C=O) groups excluding carboxylic acids is 1. The van der Waals surface area contributed by atoms with Gasteiger partial charge < -0.3 is 10.6 Å². The Bertz CT molecular complexity index is 260. The fourth-order valence-electron chi connectivity index (χ4n) is 2.29. The first-order valence-corrected chi connectivity index (χ1v) is 5.95. The van der Waals surface area contributed by atoms with Gasteiger partial charge in [0.2, 0.25) is 0 Å². The number of halogens is 3. The third-order valence-electron chi connectivity index (χ3n) is 3.49. The second-order valence-corrected chi connectivity index (χ2v) is 4.71. The Morgan fingerprint density at radius 1 is 1.24 bits per heavy atom. The molecule has 17 heavy (non-hydrogen) atoms. The zero-order valence-electron chi connectivity index (χ0n) is 9.99. The van der Waals surface area contributed by atoms with Gasteiger partial charge in [0, 0.05) is 6.54 Å². The molecule has 0 aromatic rings. The van der Waals surface area contributed by atoms with Crippen LogP contribution < -0.4 is 10.6 Å². The van der Waals surface area contributed by atoms with Gasteiger partial charge in [0.05, 0.1) is 0 Å². The van der Waals surface area contributed by atoms with E-state index in [1.807, 2.05) is 5.32 Å². The van der Waals surface area contributed by atoms with E-state index >= 15 is 0 Å². The SMILES string of the molecule is CCC1(CNC(=O)NCC(F)(F)F)CCCC1. The predicted molar refractivity (Wildman–Crippen MR) is 58.6 cm³/mol. The lowest BCUT2D eigenvalue weighted by atomic mass is 9.83. The van der Waals surface area contributed by atoms with Gasteiger partial charge in [-0.05, 0) is 24.7 Å². The van der Waals surface area contributed by atoms with Crippen molar-refractivity contribution in [3.05, 3.63) is 0 Å². The largest absolute Gasteiger partial charge is 0.405 e. The molecule has 0 heterocycles. The molecule has 1 aliphatic rings. The maximum Gasteiger partial charge on any atom is 0.405 e. The van der Waals surface area contributed by atoms with Crippen molar-refractivity contribution in [2.75, 3.05) is 13.1 Å². The highest BCUT2D eigenvalue weighted by atomic mass is 19.4. The molecule has 0 bridgehead atoms. The van der Waals surface area contributed by atoms with Crippen molar-refractivity contribution < 1.29 is 18.0 Å². The molecule has 0 radical (unpaired) electrons. The smallest absolute Gasteiger partial charge is 0.338 e. The number of amides is 2. The zero-order valence-corrected chi connectivity index (χ0v) is 9.99. The molecule has 6 heteroatoms. The van der Waals surface area contributed by atoms with Crippen LogP contribution in [0.3, 0.4) is 0 Å². The van der Waals surface area contributed by atoms with E-state index in [9.17, 15) is 18.0 Å². The highest BCUT2D eigenvalue weighted by Crippen LogP contribution is 2.40. The molecular weight excluding hydrogens is 233 g/mol. The van der Waals surface area contributed by atoms with Crippen molar-refractivity contribution >= 4 is 6.03 Å². The van der Waals surface area contributed by atoms with Crippen LogP contribution in [0.25, 0.3) is 0 Å². The van der Waals surface area contributed by atoms with Crippen molar-refractivity contribution in [3.8, 4) is 0 Å². The Morgan fingerprint density at radius 3 is 2.29 bits per heavy atom. The third kappa shape index (κ3) is 4.83. The second kappa shape index (κ2) is 5.60.